The molecule has 0 amide bonds. The number of aliphatic carboxylic acids is 1. The molecule has 6 nitrogen and oxygen atoms in total. The summed E-state index contributed by atoms with van der Waals surface area (Å²) in [6.07, 6.45) is 2.29. The van der Waals surface area contributed by atoms with Crippen LogP contribution < -0.4 is 0 Å². The highest BCUT2D eigenvalue weighted by Gasteiger charge is 2.26. The Morgan fingerprint density at radius 3 is 2.80 bits per heavy atom. The van der Waals surface area contributed by atoms with Gasteiger partial charge in [0.05, 0.1) is 5.92 Å². The lowest BCUT2D eigenvalue weighted by Crippen LogP contribution is -2.25. The molecule has 2 heterocycles. The van der Waals surface area contributed by atoms with Gasteiger partial charge in [0, 0.05) is 19.2 Å². The summed E-state index contributed by atoms with van der Waals surface area (Å²) >= 11 is 0. The summed E-state index contributed by atoms with van der Waals surface area (Å²) in [6, 6.07) is 0. The second-order valence-corrected chi connectivity index (χ2v) is 3.57. The number of rotatable bonds is 2. The standard InChI is InChI=1S/C9H10N2O4/c12-8(13)5-1-2-11-4-6(9(14)15)10-7(11)3-5/h4-5H,1-3H2,(H,12,13)(H,14,15). The fourth-order valence-electron chi connectivity index (χ4n) is 1.74. The van der Waals surface area contributed by atoms with Gasteiger partial charge in [-0.2, -0.15) is 0 Å². The largest absolute Gasteiger partial charge is 0.481 e. The summed E-state index contributed by atoms with van der Waals surface area (Å²) in [5.41, 5.74) is -0.0176. The molecule has 0 aliphatic carbocycles. The molecule has 0 spiro atoms. The van der Waals surface area contributed by atoms with E-state index in [-0.39, 0.29) is 5.69 Å². The predicted octanol–water partition coefficient (Wildman–Crippen LogP) is 0.228. The Kier molecular flexibility index (Phi) is 2.18. The van der Waals surface area contributed by atoms with Crippen molar-refractivity contribution in [1.82, 2.24) is 9.55 Å². The zero-order chi connectivity index (χ0) is 11.0. The van der Waals surface area contributed by atoms with E-state index in [0.29, 0.717) is 25.2 Å². The highest BCUT2D eigenvalue weighted by molar-refractivity contribution is 5.85. The molecule has 1 aromatic rings. The molecule has 1 aliphatic heterocycles. The number of hydrogen-bond acceptors (Lipinski definition) is 3. The normalized spacial score (nSPS) is 19.6. The van der Waals surface area contributed by atoms with Crippen LogP contribution in [0.3, 0.4) is 0 Å². The van der Waals surface area contributed by atoms with Crippen molar-refractivity contribution >= 4 is 11.9 Å². The second kappa shape index (κ2) is 3.38. The van der Waals surface area contributed by atoms with Gasteiger partial charge in [-0.3, -0.25) is 4.79 Å². The van der Waals surface area contributed by atoms with Crippen molar-refractivity contribution in [2.75, 3.05) is 0 Å². The van der Waals surface area contributed by atoms with Crippen LogP contribution in [0.25, 0.3) is 0 Å². The van der Waals surface area contributed by atoms with E-state index < -0.39 is 17.9 Å². The quantitative estimate of drug-likeness (QED) is 0.728. The van der Waals surface area contributed by atoms with Crippen LogP contribution in [-0.4, -0.2) is 31.7 Å². The summed E-state index contributed by atoms with van der Waals surface area (Å²) < 4.78 is 1.71. The molecule has 1 unspecified atom stereocenters. The molecule has 0 saturated heterocycles. The second-order valence-electron chi connectivity index (χ2n) is 3.57. The minimum atomic E-state index is -1.08. The predicted molar refractivity (Wildman–Crippen MR) is 48.6 cm³/mol. The van der Waals surface area contributed by atoms with Crippen LogP contribution >= 0.6 is 0 Å². The number of hydrogen-bond donors (Lipinski definition) is 2. The van der Waals surface area contributed by atoms with Crippen LogP contribution in [0.15, 0.2) is 6.20 Å². The number of aromatic carboxylic acids is 1. The molecule has 2 N–H and O–H groups in total. The summed E-state index contributed by atoms with van der Waals surface area (Å²) in [5.74, 6) is -1.82. The van der Waals surface area contributed by atoms with E-state index in [4.69, 9.17) is 10.2 Å². The Balaban J connectivity index is 2.26. The summed E-state index contributed by atoms with van der Waals surface area (Å²) in [7, 11) is 0. The number of carboxylic acids is 2. The van der Waals surface area contributed by atoms with Crippen LogP contribution in [0, 0.1) is 5.92 Å². The molecule has 1 atom stereocenters. The molecule has 0 saturated carbocycles. The minimum absolute atomic E-state index is 0.0176. The Bertz CT molecular complexity index is 424. The number of aromatic nitrogens is 2. The van der Waals surface area contributed by atoms with Crippen molar-refractivity contribution in [2.24, 2.45) is 5.92 Å². The maximum absolute atomic E-state index is 10.8. The molecular weight excluding hydrogens is 200 g/mol. The van der Waals surface area contributed by atoms with Crippen molar-refractivity contribution < 1.29 is 19.8 Å². The molecule has 6 heteroatoms. The first kappa shape index (κ1) is 9.70. The van der Waals surface area contributed by atoms with Gasteiger partial charge in [0.1, 0.15) is 5.82 Å². The monoisotopic (exact) mass is 210 g/mol. The molecule has 0 radical (unpaired) electrons. The third kappa shape index (κ3) is 1.70. The van der Waals surface area contributed by atoms with E-state index in [0.717, 1.165) is 0 Å². The molecule has 0 bridgehead atoms. The van der Waals surface area contributed by atoms with Crippen LogP contribution in [0.5, 0.6) is 0 Å². The van der Waals surface area contributed by atoms with Crippen LogP contribution in [-0.2, 0) is 17.8 Å². The van der Waals surface area contributed by atoms with E-state index in [1.807, 2.05) is 0 Å². The van der Waals surface area contributed by atoms with E-state index in [2.05, 4.69) is 4.98 Å². The first-order valence-electron chi connectivity index (χ1n) is 4.60. The van der Waals surface area contributed by atoms with Crippen molar-refractivity contribution in [3.05, 3.63) is 17.7 Å². The number of imidazole rings is 1. The van der Waals surface area contributed by atoms with Crippen LogP contribution in [0.4, 0.5) is 0 Å². The lowest BCUT2D eigenvalue weighted by Gasteiger charge is -2.19. The lowest BCUT2D eigenvalue weighted by molar-refractivity contribution is -0.142. The fourth-order valence-corrected chi connectivity index (χ4v) is 1.74. The van der Waals surface area contributed by atoms with E-state index >= 15 is 0 Å². The highest BCUT2D eigenvalue weighted by Crippen LogP contribution is 2.20. The summed E-state index contributed by atoms with van der Waals surface area (Å²) in [6.45, 7) is 0.520. The Morgan fingerprint density at radius 2 is 2.20 bits per heavy atom. The Hall–Kier alpha value is -1.85. The number of aryl methyl sites for hydroxylation is 1. The maximum atomic E-state index is 10.8. The van der Waals surface area contributed by atoms with Gasteiger partial charge in [-0.1, -0.05) is 0 Å². The number of carboxylic acid groups (broad SMARTS) is 2. The van der Waals surface area contributed by atoms with Crippen molar-refractivity contribution in [3.8, 4) is 0 Å². The minimum Gasteiger partial charge on any atom is -0.481 e. The molecule has 1 aromatic heterocycles. The molecule has 0 aromatic carbocycles. The van der Waals surface area contributed by atoms with Crippen molar-refractivity contribution in [1.29, 1.82) is 0 Å². The van der Waals surface area contributed by atoms with Gasteiger partial charge < -0.3 is 14.8 Å². The Labute approximate surface area is 85.2 Å². The third-order valence-corrected chi connectivity index (χ3v) is 2.57. The van der Waals surface area contributed by atoms with E-state index in [1.54, 1.807) is 4.57 Å². The molecule has 80 valence electrons. The number of carbonyl (C=O) groups is 2. The summed E-state index contributed by atoms with van der Waals surface area (Å²) in [5, 5.41) is 17.5. The van der Waals surface area contributed by atoms with Gasteiger partial charge >= 0.3 is 11.9 Å². The maximum Gasteiger partial charge on any atom is 0.356 e. The Morgan fingerprint density at radius 1 is 1.47 bits per heavy atom. The molecular formula is C9H10N2O4. The average molecular weight is 210 g/mol. The van der Waals surface area contributed by atoms with Gasteiger partial charge in [0.2, 0.25) is 0 Å². The first-order valence-corrected chi connectivity index (χ1v) is 4.60. The number of fused-ring (bicyclic) bond motifs is 1. The zero-order valence-corrected chi connectivity index (χ0v) is 7.88. The summed E-state index contributed by atoms with van der Waals surface area (Å²) in [4.78, 5) is 25.3. The van der Waals surface area contributed by atoms with E-state index in [1.165, 1.54) is 6.20 Å². The van der Waals surface area contributed by atoms with Gasteiger partial charge in [-0.15, -0.1) is 0 Å². The van der Waals surface area contributed by atoms with Crippen molar-refractivity contribution in [2.45, 2.75) is 19.4 Å². The van der Waals surface area contributed by atoms with Crippen LogP contribution in [0.1, 0.15) is 22.7 Å². The average Bonchev–Trinajstić information content (AvgIpc) is 2.59. The van der Waals surface area contributed by atoms with Crippen molar-refractivity contribution in [3.63, 3.8) is 0 Å². The highest BCUT2D eigenvalue weighted by atomic mass is 16.4. The SMILES string of the molecule is O=C(O)c1cn2c(n1)CC(C(=O)O)CC2. The van der Waals surface area contributed by atoms with Gasteiger partial charge in [-0.25, -0.2) is 9.78 Å². The lowest BCUT2D eigenvalue weighted by atomic mass is 9.98. The first-order chi connectivity index (χ1) is 7.08. The molecule has 0 fully saturated rings. The number of nitrogens with zero attached hydrogens (tertiary/aromatic N) is 2. The van der Waals surface area contributed by atoms with Crippen LogP contribution in [0.2, 0.25) is 0 Å². The van der Waals surface area contributed by atoms with Gasteiger partial charge in [-0.05, 0) is 6.42 Å². The smallest absolute Gasteiger partial charge is 0.356 e. The topological polar surface area (TPSA) is 92.4 Å². The van der Waals surface area contributed by atoms with Gasteiger partial charge in [0.15, 0.2) is 5.69 Å². The third-order valence-electron chi connectivity index (χ3n) is 2.57. The zero-order valence-electron chi connectivity index (χ0n) is 7.88. The van der Waals surface area contributed by atoms with E-state index in [9.17, 15) is 9.59 Å². The molecule has 2 rings (SSSR count). The van der Waals surface area contributed by atoms with Gasteiger partial charge in [0.25, 0.3) is 0 Å². The molecule has 15 heavy (non-hydrogen) atoms. The fraction of sp³-hybridized carbons (Fsp3) is 0.444. The molecule has 1 aliphatic rings.